The van der Waals surface area contributed by atoms with Gasteiger partial charge in [0.1, 0.15) is 12.6 Å². The number of carbonyl (C=O) groups excluding carboxylic acids is 5. The van der Waals surface area contributed by atoms with Crippen LogP contribution in [-0.2, 0) is 44.7 Å². The molecule has 0 aliphatic carbocycles. The molecule has 0 aliphatic heterocycles. The van der Waals surface area contributed by atoms with Crippen molar-refractivity contribution in [2.45, 2.75) is 45.1 Å². The van der Waals surface area contributed by atoms with Gasteiger partial charge in [0, 0.05) is 15.3 Å². The molecule has 0 bridgehead atoms. The van der Waals surface area contributed by atoms with Crippen LogP contribution in [0.25, 0.3) is 0 Å². The third-order valence-electron chi connectivity index (χ3n) is 3.65. The molecule has 178 valence electrons. The lowest BCUT2D eigenvalue weighted by molar-refractivity contribution is -0.151. The van der Waals surface area contributed by atoms with E-state index in [1.54, 1.807) is 30.3 Å². The van der Waals surface area contributed by atoms with Gasteiger partial charge in [0.15, 0.2) is 0 Å². The molecule has 1 amide bonds. The number of ether oxygens (including phenoxy) is 5. The average Bonchev–Trinajstić information content (AvgIpc) is 2.70. The van der Waals surface area contributed by atoms with Gasteiger partial charge in [-0.3, -0.25) is 9.59 Å². The van der Waals surface area contributed by atoms with Crippen LogP contribution in [0.1, 0.15) is 34.7 Å². The van der Waals surface area contributed by atoms with E-state index in [0.29, 0.717) is 17.3 Å². The van der Waals surface area contributed by atoms with Crippen molar-refractivity contribution in [3.63, 3.8) is 0 Å². The van der Waals surface area contributed by atoms with Gasteiger partial charge >= 0.3 is 29.3 Å². The number of rotatable bonds is 10. The van der Waals surface area contributed by atoms with Crippen molar-refractivity contribution in [1.29, 1.82) is 0 Å². The number of esters is 3. The Morgan fingerprint density at radius 3 is 2.03 bits per heavy atom. The summed E-state index contributed by atoms with van der Waals surface area (Å²) in [5.74, 6) is -2.15. The monoisotopic (exact) mass is 473 g/mol. The number of hydrogen-bond acceptors (Lipinski definition) is 11. The highest BCUT2D eigenvalue weighted by atomic mass is 32.2. The highest BCUT2D eigenvalue weighted by Gasteiger charge is 2.41. The third-order valence-corrected chi connectivity index (χ3v) is 4.70. The normalized spacial score (nSPS) is 11.5. The zero-order valence-corrected chi connectivity index (χ0v) is 18.9. The first-order chi connectivity index (χ1) is 15.0. The molecule has 1 atom stereocenters. The Bertz CT molecular complexity index is 818. The first kappa shape index (κ1) is 26.8. The Hall–Kier alpha value is -3.28. The zero-order chi connectivity index (χ0) is 24.1. The van der Waals surface area contributed by atoms with E-state index in [1.165, 1.54) is 13.8 Å². The Balaban J connectivity index is 0.0000102. The maximum absolute atomic E-state index is 12.8. The minimum atomic E-state index is -1.36. The summed E-state index contributed by atoms with van der Waals surface area (Å²) in [5.41, 5.74) is 0.711. The SMILES string of the molecule is CC(=O)OCOC(=O)N[C@@H](C(=O)OCc1ccccc1)C(C)(C)SC(=O)OCOC(C)=O.[HH]. The fraction of sp³-hybridized carbons (Fsp3) is 0.450. The molecule has 0 aliphatic rings. The number of nitrogens with one attached hydrogen (secondary N) is 1. The van der Waals surface area contributed by atoms with Crippen LogP contribution >= 0.6 is 11.8 Å². The van der Waals surface area contributed by atoms with Gasteiger partial charge in [-0.05, 0) is 31.2 Å². The molecule has 12 heteroatoms. The molecular formula is C20H27NO10S. The maximum atomic E-state index is 12.8. The fourth-order valence-corrected chi connectivity index (χ4v) is 2.93. The van der Waals surface area contributed by atoms with Gasteiger partial charge in [-0.25, -0.2) is 14.4 Å². The summed E-state index contributed by atoms with van der Waals surface area (Å²) in [6.45, 7) is 3.93. The van der Waals surface area contributed by atoms with Gasteiger partial charge in [-0.2, -0.15) is 0 Å². The number of thioether (sulfide) groups is 1. The van der Waals surface area contributed by atoms with Gasteiger partial charge in [0.2, 0.25) is 13.6 Å². The summed E-state index contributed by atoms with van der Waals surface area (Å²) in [6, 6.07) is 7.47. The van der Waals surface area contributed by atoms with Crippen LogP contribution in [0.15, 0.2) is 30.3 Å². The summed E-state index contributed by atoms with van der Waals surface area (Å²) in [7, 11) is 0. The predicted octanol–water partition coefficient (Wildman–Crippen LogP) is 2.76. The standard InChI is InChI=1S/C20H25NO10S.H2/c1-13(22)28-11-30-18(25)21-16(17(24)27-10-15-8-6-5-7-9-15)20(3,4)32-19(26)31-12-29-14(2)23;/h5-9,16H,10-12H2,1-4H3,(H,21,25);1H/t16-;/m0./s1. The molecular weight excluding hydrogens is 446 g/mol. The molecule has 0 heterocycles. The highest BCUT2D eigenvalue weighted by Crippen LogP contribution is 2.31. The Morgan fingerprint density at radius 1 is 0.906 bits per heavy atom. The van der Waals surface area contributed by atoms with Crippen LogP contribution in [0.4, 0.5) is 9.59 Å². The van der Waals surface area contributed by atoms with Crippen LogP contribution in [0, 0.1) is 0 Å². The number of carbonyl (C=O) groups is 5. The van der Waals surface area contributed by atoms with E-state index in [1.807, 2.05) is 0 Å². The summed E-state index contributed by atoms with van der Waals surface area (Å²) in [5, 5.41) is 1.45. The molecule has 32 heavy (non-hydrogen) atoms. The quantitative estimate of drug-likeness (QED) is 0.304. The van der Waals surface area contributed by atoms with E-state index in [-0.39, 0.29) is 8.03 Å². The van der Waals surface area contributed by atoms with Crippen molar-refractivity contribution in [1.82, 2.24) is 5.32 Å². The van der Waals surface area contributed by atoms with Crippen molar-refractivity contribution in [2.24, 2.45) is 0 Å². The van der Waals surface area contributed by atoms with Crippen molar-refractivity contribution in [2.75, 3.05) is 13.6 Å². The second kappa shape index (κ2) is 13.2. The second-order valence-corrected chi connectivity index (χ2v) is 8.30. The Labute approximate surface area is 190 Å². The first-order valence-electron chi connectivity index (χ1n) is 9.27. The smallest absolute Gasteiger partial charge is 0.410 e. The Kier molecular flexibility index (Phi) is 11.0. The summed E-state index contributed by atoms with van der Waals surface area (Å²) >= 11 is 0.573. The fourth-order valence-electron chi connectivity index (χ4n) is 2.12. The first-order valence-corrected chi connectivity index (χ1v) is 10.1. The van der Waals surface area contributed by atoms with Gasteiger partial charge in [0.05, 0.1) is 4.75 Å². The number of alkyl carbamates (subject to hydrolysis) is 1. The van der Waals surface area contributed by atoms with Crippen molar-refractivity contribution in [3.05, 3.63) is 35.9 Å². The molecule has 1 aromatic carbocycles. The van der Waals surface area contributed by atoms with Crippen molar-refractivity contribution >= 4 is 41.1 Å². The zero-order valence-electron chi connectivity index (χ0n) is 18.1. The number of hydrogen-bond donors (Lipinski definition) is 1. The molecule has 1 N–H and O–H groups in total. The third kappa shape index (κ3) is 10.7. The maximum Gasteiger partial charge on any atom is 0.410 e. The van der Waals surface area contributed by atoms with Crippen LogP contribution < -0.4 is 5.32 Å². The van der Waals surface area contributed by atoms with Crippen molar-refractivity contribution < 1.29 is 49.1 Å². The van der Waals surface area contributed by atoms with Gasteiger partial charge in [-0.15, -0.1) is 0 Å². The Morgan fingerprint density at radius 2 is 1.47 bits per heavy atom. The summed E-state index contributed by atoms with van der Waals surface area (Å²) in [4.78, 5) is 58.5. The van der Waals surface area contributed by atoms with E-state index >= 15 is 0 Å². The molecule has 0 fully saturated rings. The average molecular weight is 474 g/mol. The summed E-state index contributed by atoms with van der Waals surface area (Å²) in [6.07, 6.45) is -1.07. The predicted molar refractivity (Wildman–Crippen MR) is 113 cm³/mol. The second-order valence-electron chi connectivity index (χ2n) is 6.71. The van der Waals surface area contributed by atoms with Crippen molar-refractivity contribution in [3.8, 4) is 0 Å². The lowest BCUT2D eigenvalue weighted by atomic mass is 10.0. The number of benzene rings is 1. The molecule has 1 rings (SSSR count). The van der Waals surface area contributed by atoms with E-state index in [2.05, 4.69) is 14.8 Å². The molecule has 0 radical (unpaired) electrons. The minimum Gasteiger partial charge on any atom is -0.459 e. The lowest BCUT2D eigenvalue weighted by Gasteiger charge is -2.31. The molecule has 0 aromatic heterocycles. The highest BCUT2D eigenvalue weighted by molar-refractivity contribution is 8.14. The topological polar surface area (TPSA) is 144 Å². The molecule has 0 saturated heterocycles. The van der Waals surface area contributed by atoms with E-state index in [4.69, 9.17) is 14.2 Å². The van der Waals surface area contributed by atoms with Crippen LogP contribution in [0.2, 0.25) is 0 Å². The molecule has 0 saturated carbocycles. The van der Waals surface area contributed by atoms with E-state index in [9.17, 15) is 24.0 Å². The van der Waals surface area contributed by atoms with Crippen LogP contribution in [0.5, 0.6) is 0 Å². The minimum absolute atomic E-state index is 0. The molecule has 1 aromatic rings. The van der Waals surface area contributed by atoms with Gasteiger partial charge in [0.25, 0.3) is 0 Å². The van der Waals surface area contributed by atoms with E-state index < -0.39 is 53.7 Å². The molecule has 11 nitrogen and oxygen atoms in total. The number of amides is 1. The largest absolute Gasteiger partial charge is 0.459 e. The summed E-state index contributed by atoms with van der Waals surface area (Å²) < 4.78 is 22.5. The molecule has 0 unspecified atom stereocenters. The van der Waals surface area contributed by atoms with Gasteiger partial charge in [-0.1, -0.05) is 30.3 Å². The van der Waals surface area contributed by atoms with Gasteiger partial charge < -0.3 is 29.0 Å². The molecule has 0 spiro atoms. The van der Waals surface area contributed by atoms with Crippen LogP contribution in [-0.4, -0.2) is 53.7 Å². The van der Waals surface area contributed by atoms with E-state index in [0.717, 1.165) is 13.8 Å². The van der Waals surface area contributed by atoms with Crippen LogP contribution in [0.3, 0.4) is 0 Å². The lowest BCUT2D eigenvalue weighted by Crippen LogP contribution is -2.53.